The quantitative estimate of drug-likeness (QED) is 0.149. The van der Waals surface area contributed by atoms with E-state index in [0.29, 0.717) is 30.9 Å². The third-order valence-corrected chi connectivity index (χ3v) is 11.0. The van der Waals surface area contributed by atoms with E-state index in [1.807, 2.05) is 20.8 Å². The van der Waals surface area contributed by atoms with Crippen LogP contribution in [-0.4, -0.2) is 84.1 Å². The number of carbonyl (C=O) groups is 7. The van der Waals surface area contributed by atoms with Gasteiger partial charge in [-0.2, -0.15) is 0 Å². The highest BCUT2D eigenvalue weighted by atomic mass is 16.5. The molecule has 1 aromatic carbocycles. The van der Waals surface area contributed by atoms with E-state index in [1.165, 1.54) is 0 Å². The van der Waals surface area contributed by atoms with Crippen molar-refractivity contribution in [3.63, 3.8) is 0 Å². The molecule has 3 aliphatic rings. The van der Waals surface area contributed by atoms with E-state index in [4.69, 9.17) is 10.5 Å². The lowest BCUT2D eigenvalue weighted by atomic mass is 9.79. The number of nitrogens with zero attached hydrogens (tertiary/aromatic N) is 1. The zero-order valence-corrected chi connectivity index (χ0v) is 32.1. The molecule has 14 heteroatoms. The summed E-state index contributed by atoms with van der Waals surface area (Å²) < 4.78 is 5.42. The number of rotatable bonds is 17. The van der Waals surface area contributed by atoms with Crippen molar-refractivity contribution >= 4 is 41.4 Å². The van der Waals surface area contributed by atoms with Crippen LogP contribution < -0.4 is 27.0 Å². The standard InChI is InChI=1S/C40H60N6O8/c1-4-14-30(35(48)38(51)42-22-32(47)44-33(36(41)49)27-17-10-6-11-18-27)43-37(50)31-21-29(26-15-8-5-9-16-26)23-46(31)39(52)34(28-19-12-7-13-20-28)45-40(53)54-24-25(2)3/h6,10-11,17-18,25-26,28-31,33-34H,4-5,7-9,12-16,19-24H2,1-3H3,(H2,41,49)(H,42,51)(H,43,50)(H,44,47)(H,45,53)/t29?,30?,31?,33-,34?/m0/s1. The minimum absolute atomic E-state index is 0.0761. The lowest BCUT2D eigenvalue weighted by molar-refractivity contribution is -0.143. The predicted octanol–water partition coefficient (Wildman–Crippen LogP) is 3.43. The van der Waals surface area contributed by atoms with Crippen LogP contribution >= 0.6 is 0 Å². The predicted molar refractivity (Wildman–Crippen MR) is 201 cm³/mol. The molecule has 0 aromatic heterocycles. The van der Waals surface area contributed by atoms with E-state index in [9.17, 15) is 33.6 Å². The van der Waals surface area contributed by atoms with Crippen LogP contribution in [-0.2, 0) is 33.5 Å². The van der Waals surface area contributed by atoms with Crippen LogP contribution in [0.1, 0.15) is 116 Å². The number of carbonyl (C=O) groups excluding carboxylic acids is 7. The Kier molecular flexibility index (Phi) is 16.3. The lowest BCUT2D eigenvalue weighted by Crippen LogP contribution is -2.58. The summed E-state index contributed by atoms with van der Waals surface area (Å²) in [6.45, 7) is 5.65. The molecule has 298 valence electrons. The van der Waals surface area contributed by atoms with Crippen molar-refractivity contribution in [1.82, 2.24) is 26.2 Å². The van der Waals surface area contributed by atoms with Crippen LogP contribution in [0, 0.1) is 23.7 Å². The zero-order chi connectivity index (χ0) is 39.2. The number of benzene rings is 1. The largest absolute Gasteiger partial charge is 0.449 e. The molecule has 6 N–H and O–H groups in total. The maximum Gasteiger partial charge on any atom is 0.407 e. The summed E-state index contributed by atoms with van der Waals surface area (Å²) >= 11 is 0. The molecule has 6 amide bonds. The molecule has 4 rings (SSSR count). The number of ether oxygens (including phenoxy) is 1. The highest BCUT2D eigenvalue weighted by molar-refractivity contribution is 6.38. The van der Waals surface area contributed by atoms with Crippen molar-refractivity contribution in [1.29, 1.82) is 0 Å². The number of primary amides is 1. The Labute approximate surface area is 318 Å². The molecule has 0 bridgehead atoms. The Bertz CT molecular complexity index is 1460. The van der Waals surface area contributed by atoms with E-state index >= 15 is 0 Å². The van der Waals surface area contributed by atoms with Gasteiger partial charge in [-0.05, 0) is 54.9 Å². The van der Waals surface area contributed by atoms with Crippen LogP contribution in [0.2, 0.25) is 0 Å². The average Bonchev–Trinajstić information content (AvgIpc) is 3.63. The number of hydrogen-bond acceptors (Lipinski definition) is 8. The van der Waals surface area contributed by atoms with Gasteiger partial charge in [0.05, 0.1) is 19.2 Å². The number of nitrogens with two attached hydrogens (primary N) is 1. The summed E-state index contributed by atoms with van der Waals surface area (Å²) in [5, 5.41) is 10.4. The van der Waals surface area contributed by atoms with Gasteiger partial charge in [0, 0.05) is 6.54 Å². The number of likely N-dealkylation sites (tertiary alicyclic amines) is 1. The highest BCUT2D eigenvalue weighted by Gasteiger charge is 2.46. The normalized spacial score (nSPS) is 21.0. The van der Waals surface area contributed by atoms with Crippen LogP contribution in [0.25, 0.3) is 0 Å². The molecule has 2 aliphatic carbocycles. The molecule has 1 aromatic rings. The van der Waals surface area contributed by atoms with E-state index < -0.39 is 66.2 Å². The van der Waals surface area contributed by atoms with Crippen molar-refractivity contribution < 1.29 is 38.3 Å². The summed E-state index contributed by atoms with van der Waals surface area (Å²) in [6.07, 6.45) is 10.2. The first-order valence-corrected chi connectivity index (χ1v) is 19.9. The van der Waals surface area contributed by atoms with Crippen molar-refractivity contribution in [3.8, 4) is 0 Å². The summed E-state index contributed by atoms with van der Waals surface area (Å²) in [7, 11) is 0. The van der Waals surface area contributed by atoms with Gasteiger partial charge in [-0.15, -0.1) is 0 Å². The molecular weight excluding hydrogens is 692 g/mol. The van der Waals surface area contributed by atoms with Crippen molar-refractivity contribution in [2.45, 2.75) is 128 Å². The third-order valence-electron chi connectivity index (χ3n) is 11.0. The molecule has 0 radical (unpaired) electrons. The second kappa shape index (κ2) is 20.8. The maximum absolute atomic E-state index is 14.6. The number of hydrogen-bond donors (Lipinski definition) is 5. The van der Waals surface area contributed by atoms with E-state index in [1.54, 1.807) is 35.2 Å². The van der Waals surface area contributed by atoms with Crippen LogP contribution in [0.5, 0.6) is 0 Å². The number of alkyl carbamates (subject to hydrolysis) is 1. The number of ketones is 1. The van der Waals surface area contributed by atoms with E-state index in [2.05, 4.69) is 21.3 Å². The van der Waals surface area contributed by atoms with Crippen LogP contribution in [0.4, 0.5) is 4.79 Å². The van der Waals surface area contributed by atoms with Crippen LogP contribution in [0.15, 0.2) is 30.3 Å². The fraction of sp³-hybridized carbons (Fsp3) is 0.675. The SMILES string of the molecule is CCCC(NC(=O)C1CC(C2CCCCC2)CN1C(=O)C(NC(=O)OCC(C)C)C1CCCCC1)C(=O)C(=O)NCC(=O)N[C@H](C(N)=O)c1ccccc1. The van der Waals surface area contributed by atoms with Gasteiger partial charge < -0.3 is 36.6 Å². The first-order valence-electron chi connectivity index (χ1n) is 19.9. The van der Waals surface area contributed by atoms with Crippen LogP contribution in [0.3, 0.4) is 0 Å². The van der Waals surface area contributed by atoms with Gasteiger partial charge in [0.2, 0.25) is 29.4 Å². The minimum Gasteiger partial charge on any atom is -0.449 e. The smallest absolute Gasteiger partial charge is 0.407 e. The molecule has 1 saturated heterocycles. The minimum atomic E-state index is -1.20. The molecule has 5 atom stereocenters. The second-order valence-corrected chi connectivity index (χ2v) is 15.6. The summed E-state index contributed by atoms with van der Waals surface area (Å²) in [6, 6.07) is 4.30. The van der Waals surface area contributed by atoms with Gasteiger partial charge in [-0.3, -0.25) is 28.8 Å². The van der Waals surface area contributed by atoms with Crippen molar-refractivity contribution in [2.75, 3.05) is 19.7 Å². The molecule has 1 aliphatic heterocycles. The molecule has 54 heavy (non-hydrogen) atoms. The molecule has 3 fully saturated rings. The number of amides is 6. The van der Waals surface area contributed by atoms with Crippen molar-refractivity contribution in [2.24, 2.45) is 29.4 Å². The zero-order valence-electron chi connectivity index (χ0n) is 32.1. The highest BCUT2D eigenvalue weighted by Crippen LogP contribution is 2.39. The Morgan fingerprint density at radius 3 is 2.11 bits per heavy atom. The first-order chi connectivity index (χ1) is 25.9. The molecular formula is C40H60N6O8. The van der Waals surface area contributed by atoms with Gasteiger partial charge in [0.1, 0.15) is 18.1 Å². The number of nitrogens with one attached hydrogen (secondary N) is 4. The van der Waals surface area contributed by atoms with Gasteiger partial charge in [-0.1, -0.05) is 109 Å². The van der Waals surface area contributed by atoms with E-state index in [0.717, 1.165) is 64.2 Å². The Morgan fingerprint density at radius 1 is 0.852 bits per heavy atom. The first kappa shape index (κ1) is 42.3. The Morgan fingerprint density at radius 2 is 1.50 bits per heavy atom. The number of Topliss-reactive ketones (excluding diaryl/α,β-unsaturated/α-hetero) is 1. The van der Waals surface area contributed by atoms with Gasteiger partial charge in [-0.25, -0.2) is 4.79 Å². The van der Waals surface area contributed by atoms with Gasteiger partial charge >= 0.3 is 6.09 Å². The topological polar surface area (TPSA) is 206 Å². The van der Waals surface area contributed by atoms with Gasteiger partial charge in [0.25, 0.3) is 5.91 Å². The Hall–Kier alpha value is -4.49. The Balaban J connectivity index is 1.47. The molecule has 4 unspecified atom stereocenters. The second-order valence-electron chi connectivity index (χ2n) is 15.6. The lowest BCUT2D eigenvalue weighted by Gasteiger charge is -2.35. The van der Waals surface area contributed by atoms with Crippen molar-refractivity contribution in [3.05, 3.63) is 35.9 Å². The third kappa shape index (κ3) is 12.0. The molecule has 2 saturated carbocycles. The maximum atomic E-state index is 14.6. The summed E-state index contributed by atoms with van der Waals surface area (Å²) in [4.78, 5) is 94.5. The molecule has 1 heterocycles. The summed E-state index contributed by atoms with van der Waals surface area (Å²) in [5.41, 5.74) is 5.95. The van der Waals surface area contributed by atoms with E-state index in [-0.39, 0.29) is 36.7 Å². The average molecular weight is 753 g/mol. The molecule has 14 nitrogen and oxygen atoms in total. The fourth-order valence-electron chi connectivity index (χ4n) is 8.15. The monoisotopic (exact) mass is 752 g/mol. The molecule has 0 spiro atoms. The summed E-state index contributed by atoms with van der Waals surface area (Å²) in [5.74, 6) is -3.93. The fourth-order valence-corrected chi connectivity index (χ4v) is 8.15. The van der Waals surface area contributed by atoms with Gasteiger partial charge in [0.15, 0.2) is 0 Å².